The lowest BCUT2D eigenvalue weighted by Gasteiger charge is -2.36. The van der Waals surface area contributed by atoms with Crippen LogP contribution >= 0.6 is 34.5 Å². The maximum absolute atomic E-state index is 12.0. The lowest BCUT2D eigenvalue weighted by Crippen LogP contribution is -2.41. The molecule has 1 amide bonds. The standard InChI is InChI=1S/C22H25Cl2N3O2S/c1-5-6-8-22(9-7-15(23)16(18(22)24)19(25)28)21-27-26-20(30-21)14-10-12(2)17(29-4)13(3)11-14/h7,9-11,18H,5-6,8H2,1-4H3,(H2,25,28). The molecule has 1 aliphatic rings. The predicted octanol–water partition coefficient (Wildman–Crippen LogP) is 5.41. The Morgan fingerprint density at radius 3 is 2.53 bits per heavy atom. The summed E-state index contributed by atoms with van der Waals surface area (Å²) in [6, 6.07) is 4.07. The van der Waals surface area contributed by atoms with Crippen molar-refractivity contribution < 1.29 is 9.53 Å². The van der Waals surface area contributed by atoms with Gasteiger partial charge in [0.25, 0.3) is 0 Å². The highest BCUT2D eigenvalue weighted by Gasteiger charge is 2.46. The molecule has 0 radical (unpaired) electrons. The van der Waals surface area contributed by atoms with Crippen molar-refractivity contribution in [3.63, 3.8) is 0 Å². The molecule has 2 aromatic rings. The second kappa shape index (κ2) is 9.08. The molecule has 3 rings (SSSR count). The van der Waals surface area contributed by atoms with Crippen molar-refractivity contribution in [1.29, 1.82) is 0 Å². The van der Waals surface area contributed by atoms with E-state index in [1.165, 1.54) is 11.3 Å². The molecule has 1 aromatic heterocycles. The number of nitrogens with two attached hydrogens (primary N) is 1. The van der Waals surface area contributed by atoms with Crippen LogP contribution in [-0.4, -0.2) is 28.6 Å². The van der Waals surface area contributed by atoms with Crippen LogP contribution in [0.3, 0.4) is 0 Å². The Balaban J connectivity index is 2.08. The Bertz CT molecular complexity index is 1010. The van der Waals surface area contributed by atoms with Crippen LogP contribution in [-0.2, 0) is 10.2 Å². The first kappa shape index (κ1) is 22.8. The van der Waals surface area contributed by atoms with Gasteiger partial charge in [-0.25, -0.2) is 0 Å². The highest BCUT2D eigenvalue weighted by Crippen LogP contribution is 2.47. The smallest absolute Gasteiger partial charge is 0.247 e. The molecule has 5 nitrogen and oxygen atoms in total. The van der Waals surface area contributed by atoms with Crippen LogP contribution < -0.4 is 10.5 Å². The van der Waals surface area contributed by atoms with E-state index in [0.29, 0.717) is 6.42 Å². The summed E-state index contributed by atoms with van der Waals surface area (Å²) in [6.45, 7) is 6.12. The summed E-state index contributed by atoms with van der Waals surface area (Å²) in [5.41, 5.74) is 8.16. The molecule has 0 aliphatic heterocycles. The molecular weight excluding hydrogens is 441 g/mol. The minimum atomic E-state index is -0.709. The van der Waals surface area contributed by atoms with Crippen molar-refractivity contribution in [3.8, 4) is 16.3 Å². The zero-order chi connectivity index (χ0) is 22.1. The number of methoxy groups -OCH3 is 1. The van der Waals surface area contributed by atoms with Gasteiger partial charge >= 0.3 is 0 Å². The van der Waals surface area contributed by atoms with Gasteiger partial charge in [0.2, 0.25) is 5.91 Å². The maximum Gasteiger partial charge on any atom is 0.247 e. The number of ether oxygens (including phenoxy) is 1. The lowest BCUT2D eigenvalue weighted by molar-refractivity contribution is -0.114. The first-order chi connectivity index (χ1) is 14.2. The summed E-state index contributed by atoms with van der Waals surface area (Å²) in [5.74, 6) is 0.251. The van der Waals surface area contributed by atoms with Crippen LogP contribution in [0.25, 0.3) is 10.6 Å². The Hall–Kier alpha value is -1.89. The molecule has 1 heterocycles. The fourth-order valence-corrected chi connectivity index (χ4v) is 5.86. The van der Waals surface area contributed by atoms with E-state index < -0.39 is 16.7 Å². The molecule has 2 unspecified atom stereocenters. The van der Waals surface area contributed by atoms with Crippen molar-refractivity contribution >= 4 is 40.4 Å². The van der Waals surface area contributed by atoms with Gasteiger partial charge in [-0.15, -0.1) is 21.8 Å². The van der Waals surface area contributed by atoms with Gasteiger partial charge in [0.1, 0.15) is 15.8 Å². The molecule has 1 aliphatic carbocycles. The Labute approximate surface area is 190 Å². The quantitative estimate of drug-likeness (QED) is 0.554. The van der Waals surface area contributed by atoms with Crippen LogP contribution in [0.5, 0.6) is 5.75 Å². The Kier molecular flexibility index (Phi) is 6.90. The zero-order valence-corrected chi connectivity index (χ0v) is 19.8. The van der Waals surface area contributed by atoms with Gasteiger partial charge in [0.05, 0.1) is 28.5 Å². The molecule has 8 heteroatoms. The van der Waals surface area contributed by atoms with Crippen molar-refractivity contribution in [2.75, 3.05) is 7.11 Å². The SMILES string of the molecule is CCCCC1(c2nnc(-c3cc(C)c(OC)c(C)c3)s2)C=CC(Cl)=C(C(N)=O)C1Cl. The normalized spacial score (nSPS) is 21.2. The second-order valence-electron chi connectivity index (χ2n) is 7.52. The molecule has 2 atom stereocenters. The molecule has 2 N–H and O–H groups in total. The molecule has 1 aromatic carbocycles. The summed E-state index contributed by atoms with van der Waals surface area (Å²) in [7, 11) is 1.67. The fraction of sp³-hybridized carbons (Fsp3) is 0.409. The second-order valence-corrected chi connectivity index (χ2v) is 9.34. The van der Waals surface area contributed by atoms with Gasteiger partial charge in [0.15, 0.2) is 0 Å². The number of hydrogen-bond donors (Lipinski definition) is 1. The van der Waals surface area contributed by atoms with Gasteiger partial charge in [0, 0.05) is 5.56 Å². The van der Waals surface area contributed by atoms with Crippen molar-refractivity contribution in [2.45, 2.75) is 50.8 Å². The van der Waals surface area contributed by atoms with Crippen molar-refractivity contribution in [1.82, 2.24) is 10.2 Å². The number of rotatable bonds is 7. The highest BCUT2D eigenvalue weighted by atomic mass is 35.5. The molecular formula is C22H25Cl2N3O2S. The number of alkyl halides is 1. The summed E-state index contributed by atoms with van der Waals surface area (Å²) in [6.07, 6.45) is 6.26. The molecule has 0 bridgehead atoms. The maximum atomic E-state index is 12.0. The molecule has 0 saturated heterocycles. The Morgan fingerprint density at radius 1 is 1.30 bits per heavy atom. The molecule has 30 heavy (non-hydrogen) atoms. The van der Waals surface area contributed by atoms with Crippen molar-refractivity contribution in [2.24, 2.45) is 5.73 Å². The van der Waals surface area contributed by atoms with Crippen LogP contribution in [0.1, 0.15) is 42.3 Å². The molecule has 0 saturated carbocycles. The molecule has 0 spiro atoms. The van der Waals surface area contributed by atoms with E-state index in [1.807, 2.05) is 32.1 Å². The number of allylic oxidation sites excluding steroid dienone is 3. The summed E-state index contributed by atoms with van der Waals surface area (Å²) in [5, 5.41) is 10.0. The molecule has 0 fully saturated rings. The van der Waals surface area contributed by atoms with E-state index in [2.05, 4.69) is 17.1 Å². The van der Waals surface area contributed by atoms with Crippen LogP contribution in [0.4, 0.5) is 0 Å². The number of carbonyl (C=O) groups excluding carboxylic acids is 1. The third-order valence-electron chi connectivity index (χ3n) is 5.43. The summed E-state index contributed by atoms with van der Waals surface area (Å²) in [4.78, 5) is 12.0. The van der Waals surface area contributed by atoms with Gasteiger partial charge < -0.3 is 10.5 Å². The average Bonchev–Trinajstić information content (AvgIpc) is 3.18. The highest BCUT2D eigenvalue weighted by molar-refractivity contribution is 7.14. The van der Waals surface area contributed by atoms with Crippen LogP contribution in [0.2, 0.25) is 0 Å². The number of aromatic nitrogens is 2. The third kappa shape index (κ3) is 4.01. The van der Waals surface area contributed by atoms with E-state index in [1.54, 1.807) is 13.2 Å². The van der Waals surface area contributed by atoms with E-state index in [9.17, 15) is 4.79 Å². The van der Waals surface area contributed by atoms with E-state index in [4.69, 9.17) is 33.7 Å². The molecule has 160 valence electrons. The lowest BCUT2D eigenvalue weighted by atomic mass is 9.74. The number of aryl methyl sites for hydroxylation is 2. The number of amides is 1. The zero-order valence-electron chi connectivity index (χ0n) is 17.5. The monoisotopic (exact) mass is 465 g/mol. The number of halogens is 2. The first-order valence-corrected chi connectivity index (χ1v) is 11.4. The number of primary amides is 1. The minimum Gasteiger partial charge on any atom is -0.496 e. The van der Waals surface area contributed by atoms with E-state index >= 15 is 0 Å². The number of nitrogens with zero attached hydrogens (tertiary/aromatic N) is 2. The topological polar surface area (TPSA) is 78.1 Å². The van der Waals surface area contributed by atoms with Crippen LogP contribution in [0.15, 0.2) is 34.9 Å². The van der Waals surface area contributed by atoms with Crippen molar-refractivity contribution in [3.05, 3.63) is 51.0 Å². The summed E-state index contributed by atoms with van der Waals surface area (Å²) >= 11 is 14.6. The first-order valence-electron chi connectivity index (χ1n) is 9.77. The predicted molar refractivity (Wildman–Crippen MR) is 123 cm³/mol. The van der Waals surface area contributed by atoms with E-state index in [-0.39, 0.29) is 10.6 Å². The van der Waals surface area contributed by atoms with Gasteiger partial charge in [-0.2, -0.15) is 0 Å². The average molecular weight is 466 g/mol. The summed E-state index contributed by atoms with van der Waals surface area (Å²) < 4.78 is 5.47. The largest absolute Gasteiger partial charge is 0.496 e. The van der Waals surface area contributed by atoms with Gasteiger partial charge in [-0.3, -0.25) is 4.79 Å². The number of hydrogen-bond acceptors (Lipinski definition) is 5. The van der Waals surface area contributed by atoms with Gasteiger partial charge in [-0.05, 0) is 49.6 Å². The fourth-order valence-electron chi connectivity index (χ4n) is 3.91. The number of benzene rings is 1. The number of carbonyl (C=O) groups is 1. The Morgan fingerprint density at radius 2 is 1.97 bits per heavy atom. The van der Waals surface area contributed by atoms with Crippen LogP contribution in [0, 0.1) is 13.8 Å². The third-order valence-corrected chi connectivity index (χ3v) is 7.54. The van der Waals surface area contributed by atoms with Gasteiger partial charge in [-0.1, -0.05) is 48.8 Å². The minimum absolute atomic E-state index is 0.227. The number of unbranched alkanes of at least 4 members (excludes halogenated alkanes) is 1. The van der Waals surface area contributed by atoms with E-state index in [0.717, 1.165) is 45.3 Å².